The van der Waals surface area contributed by atoms with Gasteiger partial charge in [-0.2, -0.15) is 0 Å². The number of hydrogen-bond acceptors (Lipinski definition) is 8. The molecule has 0 saturated carbocycles. The topological polar surface area (TPSA) is 78.0 Å². The third-order valence-corrected chi connectivity index (χ3v) is 6.57. The molecule has 0 bridgehead atoms. The van der Waals surface area contributed by atoms with Gasteiger partial charge in [0.25, 0.3) is 0 Å². The number of methoxy groups -OCH3 is 1. The van der Waals surface area contributed by atoms with Crippen molar-refractivity contribution >= 4 is 47.3 Å². The largest absolute Gasteiger partial charge is 0.493 e. The molecule has 3 heterocycles. The van der Waals surface area contributed by atoms with Crippen molar-refractivity contribution in [2.75, 3.05) is 51.9 Å². The van der Waals surface area contributed by atoms with Crippen molar-refractivity contribution in [3.05, 3.63) is 41.4 Å². The molecule has 0 unspecified atom stereocenters. The van der Waals surface area contributed by atoms with Crippen molar-refractivity contribution in [1.29, 1.82) is 0 Å². The van der Waals surface area contributed by atoms with Crippen LogP contribution in [-0.2, 0) is 9.47 Å². The maximum absolute atomic E-state index is 14.5. The smallest absolute Gasteiger partial charge is 0.163 e. The van der Waals surface area contributed by atoms with Gasteiger partial charge in [-0.3, -0.25) is 4.90 Å². The van der Waals surface area contributed by atoms with Crippen LogP contribution in [0.3, 0.4) is 0 Å². The molecule has 2 aliphatic heterocycles. The number of fused-ring (bicyclic) bond motifs is 2. The van der Waals surface area contributed by atoms with Gasteiger partial charge in [0.1, 0.15) is 38.5 Å². The Labute approximate surface area is 202 Å². The van der Waals surface area contributed by atoms with Gasteiger partial charge in [-0.1, -0.05) is 17.1 Å². The van der Waals surface area contributed by atoms with Crippen molar-refractivity contribution in [3.63, 3.8) is 0 Å². The number of benzene rings is 2. The molecule has 2 aliphatic rings. The zero-order valence-electron chi connectivity index (χ0n) is 19.0. The van der Waals surface area contributed by atoms with E-state index in [2.05, 4.69) is 20.2 Å². The van der Waals surface area contributed by atoms with Crippen molar-refractivity contribution in [2.24, 2.45) is 0 Å². The highest BCUT2D eigenvalue weighted by atomic mass is 35.5. The number of hydrogen-bond donors (Lipinski definition) is 1. The van der Waals surface area contributed by atoms with Crippen LogP contribution in [0.1, 0.15) is 0 Å². The first kappa shape index (κ1) is 23.1. The van der Waals surface area contributed by atoms with Crippen LogP contribution in [0.4, 0.5) is 15.9 Å². The summed E-state index contributed by atoms with van der Waals surface area (Å²) in [6.07, 6.45) is 1.36. The second kappa shape index (κ2) is 9.91. The number of ether oxygens (including phenoxy) is 4. The van der Waals surface area contributed by atoms with E-state index in [0.29, 0.717) is 64.6 Å². The minimum Gasteiger partial charge on any atom is -0.493 e. The van der Waals surface area contributed by atoms with E-state index in [4.69, 9.17) is 30.5 Å². The van der Waals surface area contributed by atoms with Gasteiger partial charge in [0.2, 0.25) is 0 Å². The minimum atomic E-state index is -0.421. The van der Waals surface area contributed by atoms with E-state index in [1.54, 1.807) is 27.1 Å². The van der Waals surface area contributed by atoms with E-state index in [-0.39, 0.29) is 11.8 Å². The van der Waals surface area contributed by atoms with Gasteiger partial charge in [0, 0.05) is 29.6 Å². The summed E-state index contributed by atoms with van der Waals surface area (Å²) in [5.41, 5.74) is 1.52. The molecule has 11 heteroatoms. The second-order valence-corrected chi connectivity index (χ2v) is 8.85. The van der Waals surface area contributed by atoms with Crippen LogP contribution in [-0.4, -0.2) is 81.5 Å². The van der Waals surface area contributed by atoms with Gasteiger partial charge in [-0.05, 0) is 18.2 Å². The molecular formula is C23H25BClFN4O4. The molecule has 2 saturated heterocycles. The third-order valence-electron chi connectivity index (χ3n) is 6.16. The van der Waals surface area contributed by atoms with Gasteiger partial charge < -0.3 is 24.3 Å². The summed E-state index contributed by atoms with van der Waals surface area (Å²) in [4.78, 5) is 11.0. The number of morpholine rings is 2. The van der Waals surface area contributed by atoms with Crippen molar-refractivity contribution in [1.82, 2.24) is 14.9 Å². The van der Waals surface area contributed by atoms with Crippen LogP contribution in [0.5, 0.6) is 11.5 Å². The predicted molar refractivity (Wildman–Crippen MR) is 130 cm³/mol. The molecule has 2 aromatic carbocycles. The highest BCUT2D eigenvalue weighted by Gasteiger charge is 2.31. The molecule has 178 valence electrons. The quantitative estimate of drug-likeness (QED) is 0.530. The number of aromatic nitrogens is 2. The zero-order chi connectivity index (χ0) is 23.7. The summed E-state index contributed by atoms with van der Waals surface area (Å²) in [6, 6.07) is 6.81. The monoisotopic (exact) mass is 486 g/mol. The Kier molecular flexibility index (Phi) is 6.74. The van der Waals surface area contributed by atoms with Crippen LogP contribution in [0, 0.1) is 5.82 Å². The molecule has 2 fully saturated rings. The first-order valence-corrected chi connectivity index (χ1v) is 11.5. The maximum atomic E-state index is 14.5. The van der Waals surface area contributed by atoms with Crippen molar-refractivity contribution in [2.45, 2.75) is 12.1 Å². The second-order valence-electron chi connectivity index (χ2n) is 8.44. The van der Waals surface area contributed by atoms with Crippen molar-refractivity contribution < 1.29 is 23.3 Å². The fourth-order valence-electron chi connectivity index (χ4n) is 4.23. The van der Waals surface area contributed by atoms with Crippen LogP contribution in [0.2, 0.25) is 5.02 Å². The average Bonchev–Trinajstić information content (AvgIpc) is 2.85. The van der Waals surface area contributed by atoms with E-state index >= 15 is 0 Å². The van der Waals surface area contributed by atoms with Crippen LogP contribution >= 0.6 is 11.6 Å². The molecule has 0 radical (unpaired) electrons. The lowest BCUT2D eigenvalue weighted by atomic mass is 9.96. The first-order chi connectivity index (χ1) is 16.5. The van der Waals surface area contributed by atoms with Gasteiger partial charge in [-0.15, -0.1) is 0 Å². The number of anilines is 2. The lowest BCUT2D eigenvalue weighted by Gasteiger charge is -2.41. The van der Waals surface area contributed by atoms with Crippen LogP contribution in [0.15, 0.2) is 30.6 Å². The average molecular weight is 487 g/mol. The molecule has 0 aliphatic carbocycles. The lowest BCUT2D eigenvalue weighted by molar-refractivity contribution is -0.124. The van der Waals surface area contributed by atoms with Gasteiger partial charge in [-0.25, -0.2) is 14.4 Å². The number of nitrogens with zero attached hydrogens (tertiary/aromatic N) is 3. The van der Waals surface area contributed by atoms with Crippen LogP contribution < -0.4 is 20.3 Å². The Morgan fingerprint density at radius 3 is 2.97 bits per heavy atom. The summed E-state index contributed by atoms with van der Waals surface area (Å²) < 4.78 is 37.6. The maximum Gasteiger partial charge on any atom is 0.163 e. The molecule has 3 aromatic rings. The Morgan fingerprint density at radius 2 is 2.12 bits per heavy atom. The van der Waals surface area contributed by atoms with E-state index in [9.17, 15) is 4.39 Å². The Bertz CT molecular complexity index is 1200. The highest BCUT2D eigenvalue weighted by Crippen LogP contribution is 2.35. The molecule has 5 rings (SSSR count). The summed E-state index contributed by atoms with van der Waals surface area (Å²) in [5, 5.41) is 4.14. The van der Waals surface area contributed by atoms with E-state index in [0.717, 1.165) is 19.7 Å². The number of nitrogens with one attached hydrogen (secondary N) is 1. The molecule has 1 N–H and O–H groups in total. The summed E-state index contributed by atoms with van der Waals surface area (Å²) >= 11 is 6.18. The molecule has 8 nitrogen and oxygen atoms in total. The SMILES string of the molecule is Bc1cc(F)c(Nc2ncnc3cc(OC[C@H]4CN5CCOC[C@H]5CO4)c(OC)cc23)cc1Cl. The summed E-state index contributed by atoms with van der Waals surface area (Å²) in [7, 11) is 3.32. The number of halogens is 2. The molecule has 2 atom stereocenters. The molecular weight excluding hydrogens is 462 g/mol. The fourth-order valence-corrected chi connectivity index (χ4v) is 4.40. The van der Waals surface area contributed by atoms with E-state index in [1.807, 2.05) is 0 Å². The zero-order valence-corrected chi connectivity index (χ0v) is 19.8. The highest BCUT2D eigenvalue weighted by molar-refractivity contribution is 6.45. The first-order valence-electron chi connectivity index (χ1n) is 11.1. The third kappa shape index (κ3) is 4.76. The normalized spacial score (nSPS) is 20.7. The van der Waals surface area contributed by atoms with Gasteiger partial charge >= 0.3 is 0 Å². The lowest BCUT2D eigenvalue weighted by Crippen LogP contribution is -2.56. The van der Waals surface area contributed by atoms with Crippen LogP contribution in [0.25, 0.3) is 10.9 Å². The van der Waals surface area contributed by atoms with E-state index in [1.165, 1.54) is 18.5 Å². The van der Waals surface area contributed by atoms with Gasteiger partial charge in [0.05, 0.1) is 44.2 Å². The van der Waals surface area contributed by atoms with Crippen molar-refractivity contribution in [3.8, 4) is 11.5 Å². The Hall–Kier alpha value is -2.66. The minimum absolute atomic E-state index is 0.0494. The summed E-state index contributed by atoms with van der Waals surface area (Å²) in [6.45, 7) is 4.17. The predicted octanol–water partition coefficient (Wildman–Crippen LogP) is 1.91. The Balaban J connectivity index is 1.36. The Morgan fingerprint density at radius 1 is 1.24 bits per heavy atom. The van der Waals surface area contributed by atoms with Gasteiger partial charge in [0.15, 0.2) is 11.5 Å². The standard InChI is InChI=1S/C23H25BClFN4O4/c1-31-21-4-15-19(27-12-28-23(15)29-20-6-17(25)16(24)5-18(20)26)7-22(21)34-11-14-8-30-2-3-32-9-13(30)10-33-14/h4-7,12-14H,2-3,8-11,24H2,1H3,(H,27,28,29)/t13-,14+/m0/s1. The molecule has 1 aromatic heterocycles. The molecule has 34 heavy (non-hydrogen) atoms. The molecule has 0 amide bonds. The summed E-state index contributed by atoms with van der Waals surface area (Å²) in [5.74, 6) is 1.09. The fraction of sp³-hybridized carbons (Fsp3) is 0.391. The molecule has 0 spiro atoms. The van der Waals surface area contributed by atoms with E-state index < -0.39 is 5.82 Å². The number of rotatable bonds is 6.